The van der Waals surface area contributed by atoms with Gasteiger partial charge in [0.1, 0.15) is 12.1 Å². The summed E-state index contributed by atoms with van der Waals surface area (Å²) >= 11 is 0. The average molecular weight is 614 g/mol. The predicted molar refractivity (Wildman–Crippen MR) is 193 cm³/mol. The molecule has 5 heteroatoms. The van der Waals surface area contributed by atoms with Crippen LogP contribution >= 0.6 is 0 Å². The van der Waals surface area contributed by atoms with Gasteiger partial charge in [0.25, 0.3) is 0 Å². The van der Waals surface area contributed by atoms with Crippen LogP contribution in [-0.2, 0) is 6.42 Å². The quantitative estimate of drug-likeness (QED) is 0.198. The molecule has 1 aliphatic rings. The number of nitrogens with zero attached hydrogens (tertiary/aromatic N) is 5. The molecule has 5 aromatic carbocycles. The minimum Gasteiger partial charge on any atom is -0.313 e. The molecule has 0 spiro atoms. The van der Waals surface area contributed by atoms with Crippen LogP contribution in [0.3, 0.4) is 0 Å². The van der Waals surface area contributed by atoms with Gasteiger partial charge in [-0.15, -0.1) is 0 Å². The first-order chi connectivity index (χ1) is 23.7. The van der Waals surface area contributed by atoms with Crippen LogP contribution in [0.1, 0.15) is 28.9 Å². The summed E-state index contributed by atoms with van der Waals surface area (Å²) in [5.41, 5.74) is 12.7. The topological polar surface area (TPSA) is 70.3 Å². The van der Waals surface area contributed by atoms with Gasteiger partial charge in [0.15, 0.2) is 5.69 Å². The van der Waals surface area contributed by atoms with E-state index in [1.165, 1.54) is 44.2 Å². The summed E-state index contributed by atoms with van der Waals surface area (Å²) in [5, 5.41) is 22.5. The summed E-state index contributed by atoms with van der Waals surface area (Å²) in [6.07, 6.45) is 6.66. The molecule has 8 aromatic rings. The number of aromatic nitrogens is 3. The van der Waals surface area contributed by atoms with Crippen LogP contribution in [0, 0.1) is 22.7 Å². The molecule has 0 unspecified atom stereocenters. The molecule has 224 valence electrons. The molecule has 9 rings (SSSR count). The van der Waals surface area contributed by atoms with Crippen molar-refractivity contribution in [1.82, 2.24) is 14.1 Å². The Labute approximate surface area is 277 Å². The first-order valence-corrected chi connectivity index (χ1v) is 16.1. The molecule has 0 aliphatic heterocycles. The fraction of sp³-hybridized carbons (Fsp3) is 0.0465. The van der Waals surface area contributed by atoms with Gasteiger partial charge in [-0.1, -0.05) is 78.9 Å². The highest BCUT2D eigenvalue weighted by atomic mass is 15.0. The first kappa shape index (κ1) is 27.6. The smallest absolute Gasteiger partial charge is 0.158 e. The van der Waals surface area contributed by atoms with E-state index in [1.807, 2.05) is 24.3 Å². The van der Waals surface area contributed by atoms with Gasteiger partial charge < -0.3 is 9.13 Å². The van der Waals surface area contributed by atoms with Crippen molar-refractivity contribution in [3.8, 4) is 45.9 Å². The minimum atomic E-state index is 0.139. The molecular formula is C43H27N5. The molecule has 48 heavy (non-hydrogen) atoms. The zero-order chi connectivity index (χ0) is 32.2. The predicted octanol–water partition coefficient (Wildman–Crippen LogP) is 10.2. The Bertz CT molecular complexity index is 2680. The fourth-order valence-corrected chi connectivity index (χ4v) is 7.28. The number of hydrogen-bond donors (Lipinski definition) is 0. The van der Waals surface area contributed by atoms with E-state index in [0.29, 0.717) is 5.69 Å². The second-order valence-electron chi connectivity index (χ2n) is 12.2. The van der Waals surface area contributed by atoms with Crippen LogP contribution in [0.2, 0.25) is 0 Å². The Hall–Kier alpha value is -6.69. The molecule has 0 amide bonds. The number of fused-ring (bicyclic) bond motifs is 6. The Kier molecular flexibility index (Phi) is 6.32. The standard InChI is InChI=1S/C43H27N5/c44-26-31-17-22-38(46-39(31)27-45)28-14-19-33(20-15-28)48-40-12-6-4-10-34(40)36-21-16-30(25-43(36)48)29-18-23-42-37(24-29)35-11-5-7-13-41(35)47(42)32-8-2-1-3-9-32/h1-6,8-12,14-25H,7,13H2. The maximum Gasteiger partial charge on any atom is 0.158 e. The van der Waals surface area contributed by atoms with Crippen LogP contribution in [0.4, 0.5) is 0 Å². The second-order valence-corrected chi connectivity index (χ2v) is 12.2. The van der Waals surface area contributed by atoms with Gasteiger partial charge in [-0.3, -0.25) is 0 Å². The van der Waals surface area contributed by atoms with Crippen molar-refractivity contribution in [1.29, 1.82) is 10.5 Å². The highest BCUT2D eigenvalue weighted by Gasteiger charge is 2.20. The van der Waals surface area contributed by atoms with Crippen LogP contribution < -0.4 is 0 Å². The van der Waals surface area contributed by atoms with Crippen molar-refractivity contribution in [3.63, 3.8) is 0 Å². The Morgan fingerprint density at radius 1 is 0.562 bits per heavy atom. The van der Waals surface area contributed by atoms with Crippen molar-refractivity contribution in [2.45, 2.75) is 12.8 Å². The van der Waals surface area contributed by atoms with Crippen LogP contribution in [0.5, 0.6) is 0 Å². The number of para-hydroxylation sites is 2. The Morgan fingerprint density at radius 2 is 1.27 bits per heavy atom. The summed E-state index contributed by atoms with van der Waals surface area (Å²) in [6.45, 7) is 0. The van der Waals surface area contributed by atoms with E-state index in [2.05, 4.69) is 129 Å². The van der Waals surface area contributed by atoms with E-state index in [1.54, 1.807) is 12.1 Å². The number of rotatable bonds is 4. The van der Waals surface area contributed by atoms with Gasteiger partial charge in [0, 0.05) is 44.4 Å². The molecule has 3 aromatic heterocycles. The number of allylic oxidation sites excluding steroid dienone is 1. The minimum absolute atomic E-state index is 0.139. The van der Waals surface area contributed by atoms with Crippen molar-refractivity contribution in [3.05, 3.63) is 156 Å². The van der Waals surface area contributed by atoms with Crippen molar-refractivity contribution >= 4 is 38.8 Å². The SMILES string of the molecule is N#Cc1ccc(-c2ccc(-n3c4ccccc4c4ccc(-c5ccc6c(c5)c5c(n6-c6ccccc6)CCC=C5)cc43)cc2)nc1C#N. The van der Waals surface area contributed by atoms with E-state index in [9.17, 15) is 10.5 Å². The summed E-state index contributed by atoms with van der Waals surface area (Å²) in [5.74, 6) is 0. The number of hydrogen-bond acceptors (Lipinski definition) is 3. The number of pyridine rings is 1. The van der Waals surface area contributed by atoms with E-state index in [0.717, 1.165) is 40.7 Å². The van der Waals surface area contributed by atoms with Crippen molar-refractivity contribution in [2.75, 3.05) is 0 Å². The lowest BCUT2D eigenvalue weighted by Gasteiger charge is -2.13. The highest BCUT2D eigenvalue weighted by Crippen LogP contribution is 2.39. The van der Waals surface area contributed by atoms with Gasteiger partial charge in [-0.2, -0.15) is 10.5 Å². The molecule has 0 saturated heterocycles. The lowest BCUT2D eigenvalue weighted by Crippen LogP contribution is -2.02. The maximum absolute atomic E-state index is 9.48. The summed E-state index contributed by atoms with van der Waals surface area (Å²) in [6, 6.07) is 48.6. The second kappa shape index (κ2) is 11.0. The molecular weight excluding hydrogens is 587 g/mol. The van der Waals surface area contributed by atoms with E-state index < -0.39 is 0 Å². The molecule has 1 aliphatic carbocycles. The average Bonchev–Trinajstić information content (AvgIpc) is 3.67. The molecule has 0 atom stereocenters. The van der Waals surface area contributed by atoms with Crippen LogP contribution in [-0.4, -0.2) is 14.1 Å². The summed E-state index contributed by atoms with van der Waals surface area (Å²) in [7, 11) is 0. The first-order valence-electron chi connectivity index (χ1n) is 16.1. The van der Waals surface area contributed by atoms with E-state index >= 15 is 0 Å². The summed E-state index contributed by atoms with van der Waals surface area (Å²) < 4.78 is 4.75. The van der Waals surface area contributed by atoms with Gasteiger partial charge in [-0.05, 0) is 84.6 Å². The normalized spacial score (nSPS) is 12.3. The Balaban J connectivity index is 1.18. The third-order valence-corrected chi connectivity index (χ3v) is 9.51. The van der Waals surface area contributed by atoms with Gasteiger partial charge >= 0.3 is 0 Å². The summed E-state index contributed by atoms with van der Waals surface area (Å²) in [4.78, 5) is 4.44. The van der Waals surface area contributed by atoms with Gasteiger partial charge in [-0.25, -0.2) is 4.98 Å². The third-order valence-electron chi connectivity index (χ3n) is 9.51. The maximum atomic E-state index is 9.48. The fourth-order valence-electron chi connectivity index (χ4n) is 7.28. The zero-order valence-corrected chi connectivity index (χ0v) is 25.9. The van der Waals surface area contributed by atoms with Crippen molar-refractivity contribution < 1.29 is 0 Å². The van der Waals surface area contributed by atoms with Crippen LogP contribution in [0.25, 0.3) is 72.5 Å². The largest absolute Gasteiger partial charge is 0.313 e. The van der Waals surface area contributed by atoms with Crippen LogP contribution in [0.15, 0.2) is 133 Å². The molecule has 0 radical (unpaired) electrons. The highest BCUT2D eigenvalue weighted by molar-refractivity contribution is 6.10. The van der Waals surface area contributed by atoms with Gasteiger partial charge in [0.05, 0.1) is 27.8 Å². The number of benzene rings is 5. The zero-order valence-electron chi connectivity index (χ0n) is 25.9. The monoisotopic (exact) mass is 613 g/mol. The van der Waals surface area contributed by atoms with E-state index in [-0.39, 0.29) is 11.3 Å². The number of nitriles is 2. The third kappa shape index (κ3) is 4.26. The molecule has 0 N–H and O–H groups in total. The van der Waals surface area contributed by atoms with E-state index in [4.69, 9.17) is 0 Å². The Morgan fingerprint density at radius 3 is 2.10 bits per heavy atom. The lowest BCUT2D eigenvalue weighted by atomic mass is 9.98. The molecule has 0 bridgehead atoms. The molecule has 3 heterocycles. The van der Waals surface area contributed by atoms with Crippen molar-refractivity contribution in [2.24, 2.45) is 0 Å². The molecule has 5 nitrogen and oxygen atoms in total. The molecule has 0 saturated carbocycles. The van der Waals surface area contributed by atoms with Gasteiger partial charge in [0.2, 0.25) is 0 Å². The lowest BCUT2D eigenvalue weighted by molar-refractivity contribution is 0.888. The molecule has 0 fully saturated rings.